The number of hydrogen-bond acceptors (Lipinski definition) is 1. The van der Waals surface area contributed by atoms with E-state index in [1.165, 1.54) is 0 Å². The van der Waals surface area contributed by atoms with Crippen LogP contribution in [-0.2, 0) is 25.7 Å². The molecule has 0 radical (unpaired) electrons. The maximum absolute atomic E-state index is 17.2. The Morgan fingerprint density at radius 2 is 0.707 bits per heavy atom. The van der Waals surface area contributed by atoms with E-state index in [4.69, 9.17) is 0 Å². The zero-order valence-electron chi connectivity index (χ0n) is 25.9. The first-order chi connectivity index (χ1) is 19.5. The van der Waals surface area contributed by atoms with Crippen LogP contribution < -0.4 is 15.9 Å². The molecule has 0 spiro atoms. The zero-order valence-corrected chi connectivity index (χ0v) is 26.8. The van der Waals surface area contributed by atoms with Gasteiger partial charge in [-0.05, 0) is 36.0 Å². The Bertz CT molecular complexity index is 1770. The topological polar surface area (TPSA) is 31.9 Å². The Hall–Kier alpha value is -3.49. The van der Waals surface area contributed by atoms with Crippen molar-refractivity contribution in [3.8, 4) is 0 Å². The van der Waals surface area contributed by atoms with E-state index in [9.17, 15) is 0 Å². The van der Waals surface area contributed by atoms with E-state index >= 15 is 4.57 Å². The van der Waals surface area contributed by atoms with Gasteiger partial charge >= 0.3 is 0 Å². The Kier molecular flexibility index (Phi) is 6.62. The highest BCUT2D eigenvalue weighted by molar-refractivity contribution is 7.86. The lowest BCUT2D eigenvalue weighted by Crippen LogP contribution is -2.32. The molecule has 41 heavy (non-hydrogen) atoms. The largest absolute Gasteiger partial charge is 0.347 e. The molecule has 0 fully saturated rings. The molecular weight excluding hydrogens is 521 g/mol. The quantitative estimate of drug-likeness (QED) is 0.188. The molecule has 0 saturated heterocycles. The molecule has 6 aromatic rings. The molecule has 3 aromatic heterocycles. The van der Waals surface area contributed by atoms with Crippen LogP contribution in [0.1, 0.15) is 76.4 Å². The van der Waals surface area contributed by atoms with E-state index in [1.54, 1.807) is 0 Å². The number of hydrogen-bond donors (Lipinski definition) is 0. The average Bonchev–Trinajstić information content (AvgIpc) is 3.55. The summed E-state index contributed by atoms with van der Waals surface area (Å²) in [4.78, 5) is 0. The molecule has 0 saturated carbocycles. The van der Waals surface area contributed by atoms with E-state index in [1.807, 2.05) is 0 Å². The summed E-state index contributed by atoms with van der Waals surface area (Å²) in [6.45, 7) is 13.4. The maximum Gasteiger partial charge on any atom is 0.178 e. The lowest BCUT2D eigenvalue weighted by molar-refractivity contribution is 0.591. The highest BCUT2D eigenvalue weighted by atomic mass is 31.2. The number of aryl methyl sites for hydroxylation is 3. The summed E-state index contributed by atoms with van der Waals surface area (Å²) in [6, 6.07) is 25.6. The highest BCUT2D eigenvalue weighted by Crippen LogP contribution is 2.54. The summed E-state index contributed by atoms with van der Waals surface area (Å²) in [6.07, 6.45) is 0. The lowest BCUT2D eigenvalue weighted by atomic mass is 10.1. The molecular formula is C36H42N3OP. The fraction of sp³-hybridized carbons (Fsp3) is 0.333. The predicted molar refractivity (Wildman–Crippen MR) is 178 cm³/mol. The van der Waals surface area contributed by atoms with Crippen molar-refractivity contribution in [1.29, 1.82) is 0 Å². The first-order valence-corrected chi connectivity index (χ1v) is 16.6. The van der Waals surface area contributed by atoms with Crippen LogP contribution in [-0.4, -0.2) is 13.7 Å². The summed E-state index contributed by atoms with van der Waals surface area (Å²) in [7, 11) is 2.94. The molecule has 212 valence electrons. The van der Waals surface area contributed by atoms with Crippen molar-refractivity contribution in [3.63, 3.8) is 0 Å². The fourth-order valence-corrected chi connectivity index (χ4v) is 11.9. The molecule has 0 atom stereocenters. The molecule has 5 heteroatoms. The van der Waals surface area contributed by atoms with Gasteiger partial charge in [-0.3, -0.25) is 0 Å². The summed E-state index contributed by atoms with van der Waals surface area (Å²) < 4.78 is 24.1. The van der Waals surface area contributed by atoms with Crippen LogP contribution in [0.4, 0.5) is 0 Å². The highest BCUT2D eigenvalue weighted by Gasteiger charge is 2.45. The van der Waals surface area contributed by atoms with Crippen molar-refractivity contribution in [2.75, 3.05) is 0 Å². The molecule has 0 aliphatic rings. The third-order valence-electron chi connectivity index (χ3n) is 8.96. The minimum Gasteiger partial charge on any atom is -0.347 e. The van der Waals surface area contributed by atoms with Gasteiger partial charge < -0.3 is 18.3 Å². The second kappa shape index (κ2) is 9.81. The van der Waals surface area contributed by atoms with E-state index in [0.29, 0.717) is 0 Å². The Morgan fingerprint density at radius 3 is 0.951 bits per heavy atom. The van der Waals surface area contributed by atoms with Gasteiger partial charge in [-0.25, -0.2) is 0 Å². The Balaban J connectivity index is 1.97. The number of nitrogens with zero attached hydrogens (tertiary/aromatic N) is 3. The summed E-state index contributed by atoms with van der Waals surface area (Å²) in [5.41, 5.74) is 6.84. The summed E-state index contributed by atoms with van der Waals surface area (Å²) in [5.74, 6) is 0.557. The van der Waals surface area contributed by atoms with E-state index in [0.717, 1.165) is 65.7 Å². The lowest BCUT2D eigenvalue weighted by Gasteiger charge is -2.27. The van der Waals surface area contributed by atoms with Crippen LogP contribution in [0.3, 0.4) is 0 Å². The van der Waals surface area contributed by atoms with E-state index in [-0.39, 0.29) is 17.8 Å². The predicted octanol–water partition coefficient (Wildman–Crippen LogP) is 8.17. The maximum atomic E-state index is 17.2. The van der Waals surface area contributed by atoms with E-state index in [2.05, 4.69) is 149 Å². The van der Waals surface area contributed by atoms with Gasteiger partial charge in [0, 0.05) is 86.8 Å². The molecule has 0 amide bonds. The normalized spacial score (nSPS) is 12.8. The van der Waals surface area contributed by atoms with Gasteiger partial charge in [0.15, 0.2) is 7.14 Å². The van der Waals surface area contributed by atoms with Gasteiger partial charge in [0.2, 0.25) is 0 Å². The van der Waals surface area contributed by atoms with Crippen molar-refractivity contribution in [2.45, 2.75) is 59.3 Å². The van der Waals surface area contributed by atoms with Crippen LogP contribution >= 0.6 is 7.14 Å². The van der Waals surface area contributed by atoms with E-state index < -0.39 is 7.14 Å². The molecule has 0 aliphatic heterocycles. The van der Waals surface area contributed by atoms with Gasteiger partial charge in [0.05, 0.1) is 0 Å². The Morgan fingerprint density at radius 1 is 0.463 bits per heavy atom. The minimum absolute atomic E-state index is 0.186. The van der Waals surface area contributed by atoms with Crippen LogP contribution in [0.25, 0.3) is 32.7 Å². The van der Waals surface area contributed by atoms with Gasteiger partial charge in [0.1, 0.15) is 0 Å². The smallest absolute Gasteiger partial charge is 0.178 e. The number of fused-ring (bicyclic) bond motifs is 3. The third kappa shape index (κ3) is 3.76. The van der Waals surface area contributed by atoms with Gasteiger partial charge in [-0.2, -0.15) is 0 Å². The first kappa shape index (κ1) is 27.7. The molecule has 6 rings (SSSR count). The van der Waals surface area contributed by atoms with Crippen molar-refractivity contribution < 1.29 is 4.57 Å². The molecule has 4 nitrogen and oxygen atoms in total. The first-order valence-electron chi connectivity index (χ1n) is 14.8. The van der Waals surface area contributed by atoms with Gasteiger partial charge in [-0.15, -0.1) is 0 Å². The van der Waals surface area contributed by atoms with Crippen molar-refractivity contribution in [3.05, 3.63) is 89.9 Å². The summed E-state index contributed by atoms with van der Waals surface area (Å²) >= 11 is 0. The van der Waals surface area contributed by atoms with Crippen molar-refractivity contribution in [1.82, 2.24) is 13.7 Å². The molecule has 0 unspecified atom stereocenters. The number of benzene rings is 3. The van der Waals surface area contributed by atoms with Crippen LogP contribution in [0.2, 0.25) is 0 Å². The molecule has 0 N–H and O–H groups in total. The molecule has 0 bridgehead atoms. The second-order valence-electron chi connectivity index (χ2n) is 12.5. The zero-order chi connectivity index (χ0) is 29.4. The minimum atomic E-state index is -3.49. The van der Waals surface area contributed by atoms with Crippen LogP contribution in [0.5, 0.6) is 0 Å². The monoisotopic (exact) mass is 563 g/mol. The summed E-state index contributed by atoms with van der Waals surface area (Å²) in [5, 5.41) is 6.28. The number of rotatable bonds is 6. The molecule has 3 aromatic carbocycles. The van der Waals surface area contributed by atoms with Gasteiger partial charge in [0.25, 0.3) is 0 Å². The van der Waals surface area contributed by atoms with Crippen LogP contribution in [0.15, 0.2) is 72.8 Å². The number of para-hydroxylation sites is 3. The van der Waals surface area contributed by atoms with Crippen molar-refractivity contribution >= 4 is 55.8 Å². The third-order valence-corrected chi connectivity index (χ3v) is 12.3. The average molecular weight is 564 g/mol. The van der Waals surface area contributed by atoms with Crippen LogP contribution in [0, 0.1) is 0 Å². The molecule has 3 heterocycles. The fourth-order valence-electron chi connectivity index (χ4n) is 7.49. The number of aromatic nitrogens is 3. The second-order valence-corrected chi connectivity index (χ2v) is 15.1. The SMILES string of the molecule is CC(C)c1c(P(=O)(c2c(C(C)C)n(C)c3ccccc23)c2c(C(C)C)n(C)c3ccccc23)c2ccccc2n1C. The Labute approximate surface area is 244 Å². The van der Waals surface area contributed by atoms with Crippen molar-refractivity contribution in [2.24, 2.45) is 21.1 Å². The van der Waals surface area contributed by atoms with Gasteiger partial charge in [-0.1, -0.05) is 96.1 Å². The molecule has 0 aliphatic carbocycles. The standard InChI is InChI=1S/C36H42N3OP/c1-22(2)31-34(25-16-10-13-19-28(25)37(31)7)41(40,35-26-17-11-14-20-29(26)38(8)32(35)23(3)4)36-27-18-12-15-21-30(27)39(9)33(36)24(5)6/h10-24H,1-9H3.